The highest BCUT2D eigenvalue weighted by molar-refractivity contribution is 7.46. The molecule has 0 aromatic rings. The Morgan fingerprint density at radius 1 is 0.593 bits per heavy atom. The number of unbranched alkanes of at least 4 members (excludes halogenated alkanes) is 12. The van der Waals surface area contributed by atoms with Gasteiger partial charge in [-0.2, -0.15) is 0 Å². The summed E-state index contributed by atoms with van der Waals surface area (Å²) in [5, 5.41) is 10.2. The fraction of sp³-hybridized carbons (Fsp3) is 0.682. The van der Waals surface area contributed by atoms with Gasteiger partial charge in [-0.3, -0.25) is 14.1 Å². The number of carbonyl (C=O) groups excluding carboxylic acids is 2. The summed E-state index contributed by atoms with van der Waals surface area (Å²) in [7, 11) is -4.81. The number of aliphatic hydroxyl groups excluding tert-OH is 1. The van der Waals surface area contributed by atoms with Crippen molar-refractivity contribution in [3.8, 4) is 0 Å². The third-order valence-electron chi connectivity index (χ3n) is 8.54. The molecule has 0 aromatic heterocycles. The number of hydrogen-bond donors (Lipinski definition) is 3. The minimum Gasteiger partial charge on any atom is -0.462 e. The van der Waals surface area contributed by atoms with Crippen LogP contribution in [0.1, 0.15) is 162 Å². The Hall–Kier alpha value is -2.55. The molecule has 0 amide bonds. The van der Waals surface area contributed by atoms with Crippen molar-refractivity contribution in [2.45, 2.75) is 174 Å². The van der Waals surface area contributed by atoms with E-state index in [2.05, 4.69) is 73.9 Å². The lowest BCUT2D eigenvalue weighted by molar-refractivity contribution is -0.161. The molecule has 0 radical (unpaired) electrons. The Morgan fingerprint density at radius 3 is 1.57 bits per heavy atom. The van der Waals surface area contributed by atoms with Crippen molar-refractivity contribution in [1.82, 2.24) is 0 Å². The molecule has 0 spiro atoms. The van der Waals surface area contributed by atoms with E-state index in [1.807, 2.05) is 12.2 Å². The average molecular weight is 779 g/mol. The summed E-state index contributed by atoms with van der Waals surface area (Å²) < 4.78 is 26.2. The van der Waals surface area contributed by atoms with Gasteiger partial charge in [0.05, 0.1) is 12.7 Å². The zero-order valence-corrected chi connectivity index (χ0v) is 34.8. The van der Waals surface area contributed by atoms with Gasteiger partial charge in [-0.05, 0) is 50.9 Å². The molecule has 0 aromatic carbocycles. The molecule has 0 rings (SSSR count). The van der Waals surface area contributed by atoms with Crippen LogP contribution in [0.5, 0.6) is 0 Å². The second-order valence-corrected chi connectivity index (χ2v) is 15.5. The van der Waals surface area contributed by atoms with Crippen LogP contribution < -0.4 is 0 Å². The van der Waals surface area contributed by atoms with Gasteiger partial charge in [-0.25, -0.2) is 4.57 Å². The lowest BCUT2D eigenvalue weighted by atomic mass is 10.0. The summed E-state index contributed by atoms with van der Waals surface area (Å²) in [5.74, 6) is -0.358. The SMILES string of the molecule is CC/C=C\C/C=C\C/C=C\C/C=C\C/C=C\C=C/C(O)CCC(=O)OC[C@H](COP(=O)(O)O)OC(=O)CCCCCCCCCCCCCCCC(C)C. The third-order valence-corrected chi connectivity index (χ3v) is 9.02. The number of carbonyl (C=O) groups is 2. The largest absolute Gasteiger partial charge is 0.469 e. The molecule has 0 aliphatic heterocycles. The van der Waals surface area contributed by atoms with E-state index in [1.165, 1.54) is 64.2 Å². The highest BCUT2D eigenvalue weighted by atomic mass is 31.2. The molecule has 310 valence electrons. The van der Waals surface area contributed by atoms with E-state index < -0.39 is 45.2 Å². The van der Waals surface area contributed by atoms with Crippen molar-refractivity contribution in [3.05, 3.63) is 72.9 Å². The molecular weight excluding hydrogens is 703 g/mol. The highest BCUT2D eigenvalue weighted by Gasteiger charge is 2.23. The number of hydrogen-bond acceptors (Lipinski definition) is 7. The molecule has 0 aliphatic carbocycles. The maximum atomic E-state index is 12.4. The number of phosphoric acid groups is 1. The second kappa shape index (κ2) is 37.4. The van der Waals surface area contributed by atoms with Gasteiger partial charge < -0.3 is 24.4 Å². The van der Waals surface area contributed by atoms with Crippen molar-refractivity contribution < 1.29 is 43.0 Å². The molecule has 0 aliphatic rings. The smallest absolute Gasteiger partial charge is 0.462 e. The maximum absolute atomic E-state index is 12.4. The summed E-state index contributed by atoms with van der Waals surface area (Å²) >= 11 is 0. The summed E-state index contributed by atoms with van der Waals surface area (Å²) in [6, 6.07) is 0. The molecule has 2 atom stereocenters. The van der Waals surface area contributed by atoms with Crippen LogP contribution in [0.15, 0.2) is 72.9 Å². The number of aliphatic hydroxyl groups is 1. The third kappa shape index (κ3) is 40.6. The van der Waals surface area contributed by atoms with Crippen LogP contribution in [0, 0.1) is 5.92 Å². The van der Waals surface area contributed by atoms with Gasteiger partial charge in [-0.1, -0.05) is 177 Å². The van der Waals surface area contributed by atoms with E-state index in [-0.39, 0.29) is 19.3 Å². The van der Waals surface area contributed by atoms with E-state index in [4.69, 9.17) is 19.3 Å². The first kappa shape index (κ1) is 51.5. The first-order valence-corrected chi connectivity index (χ1v) is 22.2. The standard InChI is InChI=1S/C44H75O9P/c1-4-5-6-7-8-9-10-11-12-13-16-19-22-25-28-31-34-41(45)36-37-43(46)51-38-42(39-52-54(48,49)50)53-44(47)35-32-29-26-23-20-17-14-15-18-21-24-27-30-33-40(2)3/h5-6,8-9,11-12,16,19,25,28,31,34,40-42,45H,4,7,10,13-15,17-18,20-24,26-27,29-30,32-33,35-39H2,1-3H3,(H2,48,49,50)/b6-5-,9-8-,12-11-,19-16-,28-25-,34-31-/t41?,42-/m1/s1. The number of esters is 2. The minimum atomic E-state index is -4.81. The maximum Gasteiger partial charge on any atom is 0.469 e. The van der Waals surface area contributed by atoms with Gasteiger partial charge in [-0.15, -0.1) is 0 Å². The van der Waals surface area contributed by atoms with Crippen molar-refractivity contribution in [2.24, 2.45) is 5.92 Å². The monoisotopic (exact) mass is 779 g/mol. The first-order chi connectivity index (χ1) is 26.0. The van der Waals surface area contributed by atoms with Crippen LogP contribution in [-0.2, 0) is 28.2 Å². The van der Waals surface area contributed by atoms with Crippen LogP contribution in [-0.4, -0.2) is 52.3 Å². The molecule has 0 heterocycles. The molecule has 3 N–H and O–H groups in total. The lowest BCUT2D eigenvalue weighted by Gasteiger charge is -2.18. The van der Waals surface area contributed by atoms with Crippen molar-refractivity contribution in [1.29, 1.82) is 0 Å². The van der Waals surface area contributed by atoms with Gasteiger partial charge in [0.15, 0.2) is 6.10 Å². The zero-order valence-electron chi connectivity index (χ0n) is 33.9. The van der Waals surface area contributed by atoms with Crippen LogP contribution >= 0.6 is 7.82 Å². The Morgan fingerprint density at radius 2 is 1.07 bits per heavy atom. The molecule has 10 heteroatoms. The van der Waals surface area contributed by atoms with Gasteiger partial charge in [0.1, 0.15) is 6.61 Å². The van der Waals surface area contributed by atoms with Crippen LogP contribution in [0.3, 0.4) is 0 Å². The second-order valence-electron chi connectivity index (χ2n) is 14.3. The van der Waals surface area contributed by atoms with Crippen LogP contribution in [0.2, 0.25) is 0 Å². The van der Waals surface area contributed by atoms with E-state index in [1.54, 1.807) is 12.2 Å². The minimum absolute atomic E-state index is 0.0875. The van der Waals surface area contributed by atoms with E-state index in [0.29, 0.717) is 6.42 Å². The first-order valence-electron chi connectivity index (χ1n) is 20.7. The van der Waals surface area contributed by atoms with Gasteiger partial charge in [0.2, 0.25) is 0 Å². The predicted octanol–water partition coefficient (Wildman–Crippen LogP) is 11.5. The predicted molar refractivity (Wildman–Crippen MR) is 222 cm³/mol. The fourth-order valence-electron chi connectivity index (χ4n) is 5.43. The number of phosphoric ester groups is 1. The molecule has 1 unspecified atom stereocenters. The Bertz CT molecular complexity index is 1130. The van der Waals surface area contributed by atoms with Crippen molar-refractivity contribution in [2.75, 3.05) is 13.2 Å². The summed E-state index contributed by atoms with van der Waals surface area (Å²) in [5.41, 5.74) is 0. The number of allylic oxidation sites excluding steroid dienone is 11. The fourth-order valence-corrected chi connectivity index (χ4v) is 5.79. The summed E-state index contributed by atoms with van der Waals surface area (Å²) in [6.45, 7) is 5.68. The Balaban J connectivity index is 4.17. The normalized spacial score (nSPS) is 13.9. The lowest BCUT2D eigenvalue weighted by Crippen LogP contribution is -2.29. The van der Waals surface area contributed by atoms with Gasteiger partial charge in [0, 0.05) is 12.8 Å². The quantitative estimate of drug-likeness (QED) is 0.0186. The van der Waals surface area contributed by atoms with Crippen LogP contribution in [0.25, 0.3) is 0 Å². The molecular formula is C44H75O9P. The topological polar surface area (TPSA) is 140 Å². The van der Waals surface area contributed by atoms with E-state index in [9.17, 15) is 19.3 Å². The number of ether oxygens (including phenoxy) is 2. The van der Waals surface area contributed by atoms with Gasteiger partial charge in [0.25, 0.3) is 0 Å². The average Bonchev–Trinajstić information content (AvgIpc) is 3.12. The molecule has 0 saturated heterocycles. The Kier molecular flexibility index (Phi) is 35.6. The number of rotatable bonds is 36. The Labute approximate surface area is 328 Å². The molecule has 0 fully saturated rings. The summed E-state index contributed by atoms with van der Waals surface area (Å²) in [6.07, 6.45) is 43.9. The van der Waals surface area contributed by atoms with Gasteiger partial charge >= 0.3 is 19.8 Å². The highest BCUT2D eigenvalue weighted by Crippen LogP contribution is 2.36. The molecule has 54 heavy (non-hydrogen) atoms. The van der Waals surface area contributed by atoms with Crippen molar-refractivity contribution >= 4 is 19.8 Å². The molecule has 0 bridgehead atoms. The van der Waals surface area contributed by atoms with E-state index >= 15 is 0 Å². The van der Waals surface area contributed by atoms with E-state index in [0.717, 1.165) is 57.3 Å². The van der Waals surface area contributed by atoms with Crippen LogP contribution in [0.4, 0.5) is 0 Å². The molecule has 9 nitrogen and oxygen atoms in total. The molecule has 0 saturated carbocycles. The summed E-state index contributed by atoms with van der Waals surface area (Å²) in [4.78, 5) is 42.9. The van der Waals surface area contributed by atoms with Crippen molar-refractivity contribution in [3.63, 3.8) is 0 Å². The zero-order chi connectivity index (χ0) is 40.0.